The molecule has 1 aromatic rings. The molecule has 1 saturated carbocycles. The molecule has 2 amide bonds. The van der Waals surface area contributed by atoms with Gasteiger partial charge in [-0.2, -0.15) is 0 Å². The van der Waals surface area contributed by atoms with Crippen LogP contribution in [0.4, 0.5) is 4.79 Å². The topological polar surface area (TPSA) is 32.3 Å². The number of hydrogen-bond donors (Lipinski definition) is 1. The van der Waals surface area contributed by atoms with Crippen LogP contribution in [0.3, 0.4) is 0 Å². The molecule has 102 valence electrons. The van der Waals surface area contributed by atoms with Crippen LogP contribution in [-0.4, -0.2) is 24.0 Å². The molecule has 3 rings (SSSR count). The van der Waals surface area contributed by atoms with Crippen molar-refractivity contribution in [3.8, 4) is 0 Å². The number of nitrogens with zero attached hydrogens (tertiary/aromatic N) is 1. The highest BCUT2D eigenvalue weighted by atomic mass is 35.5. The van der Waals surface area contributed by atoms with E-state index in [4.69, 9.17) is 11.6 Å². The summed E-state index contributed by atoms with van der Waals surface area (Å²) < 4.78 is 0. The van der Waals surface area contributed by atoms with E-state index in [2.05, 4.69) is 5.32 Å². The zero-order valence-electron chi connectivity index (χ0n) is 11.0. The van der Waals surface area contributed by atoms with Crippen LogP contribution in [0.15, 0.2) is 24.3 Å². The van der Waals surface area contributed by atoms with Crippen molar-refractivity contribution >= 4 is 17.6 Å². The molecule has 1 spiro atoms. The Morgan fingerprint density at radius 1 is 1.21 bits per heavy atom. The monoisotopic (exact) mass is 278 g/mol. The first-order chi connectivity index (χ1) is 9.19. The van der Waals surface area contributed by atoms with Crippen molar-refractivity contribution in [1.29, 1.82) is 0 Å². The van der Waals surface area contributed by atoms with Crippen LogP contribution in [0.5, 0.6) is 0 Å². The summed E-state index contributed by atoms with van der Waals surface area (Å²) in [5.41, 5.74) is 1.58. The van der Waals surface area contributed by atoms with Gasteiger partial charge in [0.15, 0.2) is 0 Å². The van der Waals surface area contributed by atoms with E-state index in [9.17, 15) is 4.79 Å². The van der Waals surface area contributed by atoms with Crippen LogP contribution in [0, 0.1) is 5.41 Å². The second-order valence-corrected chi connectivity index (χ2v) is 6.14. The average Bonchev–Trinajstić information content (AvgIpc) is 3.18. The second-order valence-electron chi connectivity index (χ2n) is 5.74. The quantitative estimate of drug-likeness (QED) is 0.883. The van der Waals surface area contributed by atoms with Gasteiger partial charge >= 0.3 is 6.03 Å². The molecule has 1 aliphatic heterocycles. The number of rotatable bonds is 2. The van der Waals surface area contributed by atoms with Gasteiger partial charge in [-0.25, -0.2) is 4.79 Å². The number of piperidine rings is 1. The van der Waals surface area contributed by atoms with Crippen LogP contribution in [-0.2, 0) is 6.54 Å². The van der Waals surface area contributed by atoms with Gasteiger partial charge in [0.05, 0.1) is 0 Å². The summed E-state index contributed by atoms with van der Waals surface area (Å²) in [7, 11) is 0. The molecule has 0 bridgehead atoms. The molecule has 4 heteroatoms. The summed E-state index contributed by atoms with van der Waals surface area (Å²) in [6, 6.07) is 7.66. The van der Waals surface area contributed by atoms with Crippen LogP contribution in [0.1, 0.15) is 31.2 Å². The lowest BCUT2D eigenvalue weighted by atomic mass is 9.94. The SMILES string of the molecule is O=C(NCc1ccccc1Cl)N1CCC2(CC1)CC2. The van der Waals surface area contributed by atoms with E-state index >= 15 is 0 Å². The van der Waals surface area contributed by atoms with E-state index in [0.717, 1.165) is 18.7 Å². The van der Waals surface area contributed by atoms with E-state index in [-0.39, 0.29) is 6.03 Å². The molecule has 0 atom stereocenters. The highest BCUT2D eigenvalue weighted by Gasteiger charge is 2.45. The smallest absolute Gasteiger partial charge is 0.317 e. The second kappa shape index (κ2) is 5.04. The van der Waals surface area contributed by atoms with Gasteiger partial charge in [-0.15, -0.1) is 0 Å². The molecule has 2 aliphatic rings. The van der Waals surface area contributed by atoms with Crippen molar-refractivity contribution in [3.63, 3.8) is 0 Å². The third kappa shape index (κ3) is 2.86. The van der Waals surface area contributed by atoms with Crippen LogP contribution in [0.25, 0.3) is 0 Å². The highest BCUT2D eigenvalue weighted by molar-refractivity contribution is 6.31. The number of benzene rings is 1. The highest BCUT2D eigenvalue weighted by Crippen LogP contribution is 2.53. The fourth-order valence-corrected chi connectivity index (χ4v) is 2.99. The summed E-state index contributed by atoms with van der Waals surface area (Å²) in [5, 5.41) is 3.67. The molecule has 1 heterocycles. The molecule has 2 fully saturated rings. The maximum absolute atomic E-state index is 12.1. The number of amides is 2. The Hall–Kier alpha value is -1.22. The van der Waals surface area contributed by atoms with Crippen molar-refractivity contribution in [2.45, 2.75) is 32.2 Å². The van der Waals surface area contributed by atoms with Gasteiger partial charge in [0.1, 0.15) is 0 Å². The fourth-order valence-electron chi connectivity index (χ4n) is 2.79. The lowest BCUT2D eigenvalue weighted by molar-refractivity contribution is 0.164. The molecule has 3 nitrogen and oxygen atoms in total. The van der Waals surface area contributed by atoms with Crippen LogP contribution >= 0.6 is 11.6 Å². The zero-order chi connectivity index (χ0) is 13.3. The Kier molecular flexibility index (Phi) is 3.40. The summed E-state index contributed by atoms with van der Waals surface area (Å²) in [5.74, 6) is 0. The molecular weight excluding hydrogens is 260 g/mol. The Bertz CT molecular complexity index is 475. The molecule has 0 aromatic heterocycles. The molecule has 1 aliphatic carbocycles. The maximum Gasteiger partial charge on any atom is 0.317 e. The molecule has 0 radical (unpaired) electrons. The summed E-state index contributed by atoms with van der Waals surface area (Å²) in [6.45, 7) is 2.29. The molecule has 1 aromatic carbocycles. The molecule has 1 saturated heterocycles. The van der Waals surface area contributed by atoms with Crippen molar-refractivity contribution in [1.82, 2.24) is 10.2 Å². The van der Waals surface area contributed by atoms with Crippen molar-refractivity contribution in [2.75, 3.05) is 13.1 Å². The van der Waals surface area contributed by atoms with Gasteiger partial charge in [0.2, 0.25) is 0 Å². The number of halogens is 1. The van der Waals surface area contributed by atoms with E-state index in [1.165, 1.54) is 25.7 Å². The largest absolute Gasteiger partial charge is 0.334 e. The first-order valence-corrected chi connectivity index (χ1v) is 7.33. The number of carbonyl (C=O) groups excluding carboxylic acids is 1. The third-order valence-electron chi connectivity index (χ3n) is 4.46. The van der Waals surface area contributed by atoms with Gasteiger partial charge in [-0.05, 0) is 42.7 Å². The van der Waals surface area contributed by atoms with Gasteiger partial charge in [-0.1, -0.05) is 29.8 Å². The minimum absolute atomic E-state index is 0.0374. The summed E-state index contributed by atoms with van der Waals surface area (Å²) in [6.07, 6.45) is 5.07. The Balaban J connectivity index is 1.50. The first kappa shape index (κ1) is 12.8. The lowest BCUT2D eigenvalue weighted by Crippen LogP contribution is -2.44. The van der Waals surface area contributed by atoms with Gasteiger partial charge < -0.3 is 10.2 Å². The number of likely N-dealkylation sites (tertiary alicyclic amines) is 1. The van der Waals surface area contributed by atoms with Crippen molar-refractivity contribution < 1.29 is 4.79 Å². The average molecular weight is 279 g/mol. The van der Waals surface area contributed by atoms with Crippen molar-refractivity contribution in [3.05, 3.63) is 34.9 Å². The Labute approximate surface area is 118 Å². The van der Waals surface area contributed by atoms with Crippen LogP contribution < -0.4 is 5.32 Å². The number of nitrogens with one attached hydrogen (secondary N) is 1. The summed E-state index contributed by atoms with van der Waals surface area (Å²) in [4.78, 5) is 14.0. The predicted molar refractivity (Wildman–Crippen MR) is 76.2 cm³/mol. The Morgan fingerprint density at radius 2 is 1.89 bits per heavy atom. The van der Waals surface area contributed by atoms with E-state index in [0.29, 0.717) is 17.0 Å². The fraction of sp³-hybridized carbons (Fsp3) is 0.533. The molecule has 1 N–H and O–H groups in total. The standard InChI is InChI=1S/C15H19ClN2O/c16-13-4-2-1-3-12(13)11-17-14(19)18-9-7-15(5-6-15)8-10-18/h1-4H,5-11H2,(H,17,19). The third-order valence-corrected chi connectivity index (χ3v) is 4.83. The van der Waals surface area contributed by atoms with Gasteiger partial charge in [-0.3, -0.25) is 0 Å². The number of carbonyl (C=O) groups is 1. The van der Waals surface area contributed by atoms with Gasteiger partial charge in [0, 0.05) is 24.7 Å². The zero-order valence-corrected chi connectivity index (χ0v) is 11.7. The van der Waals surface area contributed by atoms with E-state index < -0.39 is 0 Å². The lowest BCUT2D eigenvalue weighted by Gasteiger charge is -2.32. The first-order valence-electron chi connectivity index (χ1n) is 6.95. The van der Waals surface area contributed by atoms with E-state index in [1.807, 2.05) is 29.2 Å². The van der Waals surface area contributed by atoms with Crippen molar-refractivity contribution in [2.24, 2.45) is 5.41 Å². The molecule has 0 unspecified atom stereocenters. The molecular formula is C15H19ClN2O. The normalized spacial score (nSPS) is 20.4. The van der Waals surface area contributed by atoms with Gasteiger partial charge in [0.25, 0.3) is 0 Å². The Morgan fingerprint density at radius 3 is 2.53 bits per heavy atom. The van der Waals surface area contributed by atoms with Crippen LogP contribution in [0.2, 0.25) is 5.02 Å². The number of hydrogen-bond acceptors (Lipinski definition) is 1. The number of urea groups is 1. The minimum Gasteiger partial charge on any atom is -0.334 e. The summed E-state index contributed by atoms with van der Waals surface area (Å²) >= 11 is 6.07. The molecule has 19 heavy (non-hydrogen) atoms. The minimum atomic E-state index is 0.0374. The maximum atomic E-state index is 12.1. The predicted octanol–water partition coefficient (Wildman–Crippen LogP) is 3.43. The van der Waals surface area contributed by atoms with E-state index in [1.54, 1.807) is 0 Å².